The molecule has 0 heterocycles. The standard InChI is InChI=1S/CH3.ClH.Cu.H2N/h1H3;1H;;1H2/q-1;;+1;-1/p-1. The predicted molar refractivity (Wildman–Crippen MR) is 17.6 cm³/mol. The van der Waals surface area contributed by atoms with E-state index in [9.17, 15) is 0 Å². The Morgan fingerprint density at radius 3 is 1.25 bits per heavy atom. The summed E-state index contributed by atoms with van der Waals surface area (Å²) in [6, 6.07) is 0. The summed E-state index contributed by atoms with van der Waals surface area (Å²) in [5.41, 5.74) is 0. The van der Waals surface area contributed by atoms with Gasteiger partial charge in [0, 0.05) is 0 Å². The van der Waals surface area contributed by atoms with Crippen LogP contribution in [0, 0.1) is 7.43 Å². The molecule has 34 valence electrons. The average molecular weight is 130 g/mol. The van der Waals surface area contributed by atoms with Crippen LogP contribution in [-0.4, -0.2) is 0 Å². The van der Waals surface area contributed by atoms with E-state index in [1.165, 1.54) is 0 Å². The maximum Gasteiger partial charge on any atom is -0.693 e. The van der Waals surface area contributed by atoms with E-state index in [4.69, 9.17) is 0 Å². The van der Waals surface area contributed by atoms with Crippen LogP contribution in [0.15, 0.2) is 0 Å². The second-order valence-electron chi connectivity index (χ2n) is 0. The van der Waals surface area contributed by atoms with Gasteiger partial charge in [-0.2, -0.15) is 0 Å². The van der Waals surface area contributed by atoms with Gasteiger partial charge < -0.3 is 13.6 Å². The largest absolute Gasteiger partial charge is 0.693 e. The van der Waals surface area contributed by atoms with Crippen LogP contribution in [0.1, 0.15) is 0 Å². The van der Waals surface area contributed by atoms with Gasteiger partial charge in [0.25, 0.3) is 0 Å². The topological polar surface area (TPSA) is 33.5 Å². The molecule has 3 heteroatoms. The fourth-order valence-electron chi connectivity index (χ4n) is 0. The van der Waals surface area contributed by atoms with E-state index in [1.54, 1.807) is 0 Å². The smallest absolute Gasteiger partial charge is 0.693 e. The number of hydrogen-bond donors (Lipinski definition) is 0. The summed E-state index contributed by atoms with van der Waals surface area (Å²) in [7, 11) is 4.20. The van der Waals surface area contributed by atoms with E-state index in [1.807, 2.05) is 0 Å². The fourth-order valence-corrected chi connectivity index (χ4v) is 0. The zero-order valence-electron chi connectivity index (χ0n) is 2.26. The molecule has 0 aromatic carbocycles. The van der Waals surface area contributed by atoms with Gasteiger partial charge in [-0.3, -0.25) is 0 Å². The first-order valence-electron chi connectivity index (χ1n) is 0.114. The summed E-state index contributed by atoms with van der Waals surface area (Å²) in [4.78, 5) is 0. The van der Waals surface area contributed by atoms with Crippen LogP contribution < -0.4 is 0 Å². The molecule has 0 bridgehead atoms. The quantitative estimate of drug-likeness (QED) is 0.354. The van der Waals surface area contributed by atoms with Crippen molar-refractivity contribution in [1.29, 1.82) is 0 Å². The second kappa shape index (κ2) is 48.8. The molecule has 0 radical (unpaired) electrons. The van der Waals surface area contributed by atoms with E-state index < -0.39 is 0 Å². The number of nitrogens with two attached hydrogens (primary N) is 1. The molecule has 0 aliphatic heterocycles. The van der Waals surface area contributed by atoms with Gasteiger partial charge in [-0.05, 0) is 0 Å². The number of rotatable bonds is 0. The minimum atomic E-state index is 0. The van der Waals surface area contributed by atoms with Gasteiger partial charge in [0.1, 0.15) is 0 Å². The van der Waals surface area contributed by atoms with E-state index in [2.05, 4.69) is 25.2 Å². The molecule has 0 atom stereocenters. The van der Waals surface area contributed by atoms with Crippen LogP contribution in [0.5, 0.6) is 0 Å². The Morgan fingerprint density at radius 2 is 1.25 bits per heavy atom. The molecule has 0 saturated carbocycles. The van der Waals surface area contributed by atoms with E-state index >= 15 is 0 Å². The molecule has 0 aromatic rings. The number of hydrogen-bond acceptors (Lipinski definition) is 0. The fraction of sp³-hybridized carbons (Fsp3) is 0. The molecule has 1 nitrogen and oxygen atoms in total. The van der Waals surface area contributed by atoms with Crippen molar-refractivity contribution in [3.63, 3.8) is 0 Å². The Labute approximate surface area is 39.3 Å². The van der Waals surface area contributed by atoms with Crippen LogP contribution in [0.4, 0.5) is 0 Å². The first-order chi connectivity index (χ1) is 1.00. The van der Waals surface area contributed by atoms with Crippen molar-refractivity contribution in [2.45, 2.75) is 0 Å². The number of halogens is 1. The minimum Gasteiger partial charge on any atom is -0.693 e. The Bertz CT molecular complexity index is 8.00. The van der Waals surface area contributed by atoms with Crippen molar-refractivity contribution in [2.75, 3.05) is 0 Å². The molecule has 2 N–H and O–H groups in total. The summed E-state index contributed by atoms with van der Waals surface area (Å²) < 4.78 is 0. The normalized spacial score (nSPS) is 1.75. The summed E-state index contributed by atoms with van der Waals surface area (Å²) in [5, 5.41) is 0. The van der Waals surface area contributed by atoms with Crippen molar-refractivity contribution in [3.8, 4) is 0 Å². The average Bonchev–Trinajstić information content (AvgIpc) is 1.00. The van der Waals surface area contributed by atoms with E-state index in [0.29, 0.717) is 0 Å². The van der Waals surface area contributed by atoms with Crippen molar-refractivity contribution in [2.24, 2.45) is 0 Å². The Balaban J connectivity index is -0.00000000500. The third-order valence-corrected chi connectivity index (χ3v) is 0. The van der Waals surface area contributed by atoms with Gasteiger partial charge in [-0.15, -0.1) is 0 Å². The maximum absolute atomic E-state index is 4.20. The molecule has 0 saturated heterocycles. The van der Waals surface area contributed by atoms with Crippen LogP contribution in [0.3, 0.4) is 0 Å². The van der Waals surface area contributed by atoms with Gasteiger partial charge in [-0.25, -0.2) is 0 Å². The molecular formula is CH5ClCuN-2. The summed E-state index contributed by atoms with van der Waals surface area (Å²) in [5.74, 6) is 0. The molecular weight excluding hydrogens is 125 g/mol. The summed E-state index contributed by atoms with van der Waals surface area (Å²) in [6.07, 6.45) is 0. The van der Waals surface area contributed by atoms with Gasteiger partial charge >= 0.3 is 25.2 Å². The Morgan fingerprint density at radius 1 is 1.25 bits per heavy atom. The zero-order chi connectivity index (χ0) is 2.00. The minimum absolute atomic E-state index is 0. The second-order valence-corrected chi connectivity index (χ2v) is 0. The molecule has 0 aliphatic rings. The third-order valence-electron chi connectivity index (χ3n) is 0. The van der Waals surface area contributed by atoms with Crippen LogP contribution in [-0.2, 0) is 15.1 Å². The summed E-state index contributed by atoms with van der Waals surface area (Å²) >= 11 is 3.66. The van der Waals surface area contributed by atoms with Crippen molar-refractivity contribution < 1.29 is 15.1 Å². The van der Waals surface area contributed by atoms with Crippen LogP contribution >= 0.6 is 10.1 Å². The van der Waals surface area contributed by atoms with Crippen molar-refractivity contribution in [1.82, 2.24) is 0 Å². The summed E-state index contributed by atoms with van der Waals surface area (Å²) in [6.45, 7) is 0. The van der Waals surface area contributed by atoms with E-state index in [-0.39, 0.29) is 13.6 Å². The monoisotopic (exact) mass is 129 g/mol. The zero-order valence-corrected chi connectivity index (χ0v) is 3.95. The first-order valence-corrected chi connectivity index (χ1v) is 1.41. The molecule has 0 aliphatic carbocycles. The predicted octanol–water partition coefficient (Wildman–Crippen LogP) is 1.85. The van der Waals surface area contributed by atoms with Crippen molar-refractivity contribution >= 4 is 10.1 Å². The van der Waals surface area contributed by atoms with Crippen molar-refractivity contribution in [3.05, 3.63) is 13.6 Å². The van der Waals surface area contributed by atoms with Gasteiger partial charge in [0.2, 0.25) is 0 Å². The van der Waals surface area contributed by atoms with Gasteiger partial charge in [-0.1, -0.05) is 0 Å². The van der Waals surface area contributed by atoms with Gasteiger partial charge in [0.15, 0.2) is 0 Å². The Kier molecular flexibility index (Phi) is 264. The first kappa shape index (κ1) is 21.6. The molecule has 0 amide bonds. The third kappa shape index (κ3) is 14.6. The Hall–Kier alpha value is 0.769. The molecule has 0 unspecified atom stereocenters. The molecule has 0 spiro atoms. The van der Waals surface area contributed by atoms with Gasteiger partial charge in [0.05, 0.1) is 0 Å². The van der Waals surface area contributed by atoms with Crippen LogP contribution in [0.2, 0.25) is 0 Å². The molecule has 0 rings (SSSR count). The van der Waals surface area contributed by atoms with E-state index in [0.717, 1.165) is 0 Å². The molecule has 0 fully saturated rings. The molecule has 0 aromatic heterocycles. The molecule has 4 heavy (non-hydrogen) atoms. The maximum atomic E-state index is 4.20. The van der Waals surface area contributed by atoms with Crippen LogP contribution in [0.25, 0.3) is 6.15 Å². The SMILES string of the molecule is [CH3-].[Cl][Cu].[NH2-].